The summed E-state index contributed by atoms with van der Waals surface area (Å²) in [6, 6.07) is 15.9. The van der Waals surface area contributed by atoms with Crippen LogP contribution in [0, 0.1) is 10.1 Å². The van der Waals surface area contributed by atoms with E-state index < -0.39 is 16.4 Å². The summed E-state index contributed by atoms with van der Waals surface area (Å²) < 4.78 is 6.70. The quantitative estimate of drug-likeness (QED) is 0.489. The molecule has 1 N–H and O–H groups in total. The number of carbonyl (C=O) groups excluding carboxylic acids is 1. The first-order valence-corrected chi connectivity index (χ1v) is 8.95. The fourth-order valence-electron chi connectivity index (χ4n) is 2.80. The summed E-state index contributed by atoms with van der Waals surface area (Å²) in [6.07, 6.45) is 1.54. The molecule has 0 aliphatic rings. The van der Waals surface area contributed by atoms with E-state index >= 15 is 0 Å². The lowest BCUT2D eigenvalue weighted by Crippen LogP contribution is -2.29. The van der Waals surface area contributed by atoms with E-state index in [4.69, 9.17) is 4.74 Å². The molecular formula is C21H19N3O5. The number of nitrogens with one attached hydrogen (secondary N) is 1. The fraction of sp³-hybridized carbons (Fsp3) is 0.143. The third kappa shape index (κ3) is 4.86. The van der Waals surface area contributed by atoms with Crippen molar-refractivity contribution >= 4 is 17.3 Å². The first-order chi connectivity index (χ1) is 14.0. The molecule has 1 aromatic heterocycles. The van der Waals surface area contributed by atoms with Gasteiger partial charge in [0.2, 0.25) is 0 Å². The molecule has 0 atom stereocenters. The summed E-state index contributed by atoms with van der Waals surface area (Å²) in [6.45, 7) is 2.54. The lowest BCUT2D eigenvalue weighted by Gasteiger charge is -2.10. The van der Waals surface area contributed by atoms with Crippen LogP contribution in [-0.2, 0) is 6.54 Å². The average molecular weight is 393 g/mol. The molecule has 1 amide bonds. The van der Waals surface area contributed by atoms with E-state index in [9.17, 15) is 19.7 Å². The molecule has 29 heavy (non-hydrogen) atoms. The average Bonchev–Trinajstić information content (AvgIpc) is 2.71. The second-order valence-electron chi connectivity index (χ2n) is 6.19. The molecule has 148 valence electrons. The zero-order valence-corrected chi connectivity index (χ0v) is 15.7. The highest BCUT2D eigenvalue weighted by Crippen LogP contribution is 2.16. The molecule has 0 bridgehead atoms. The molecule has 2 aromatic carbocycles. The van der Waals surface area contributed by atoms with Gasteiger partial charge in [0.1, 0.15) is 11.3 Å². The van der Waals surface area contributed by atoms with Crippen molar-refractivity contribution in [2.45, 2.75) is 13.5 Å². The van der Waals surface area contributed by atoms with Gasteiger partial charge in [-0.25, -0.2) is 0 Å². The Bertz CT molecular complexity index is 1090. The monoisotopic (exact) mass is 393 g/mol. The summed E-state index contributed by atoms with van der Waals surface area (Å²) in [5, 5.41) is 13.6. The van der Waals surface area contributed by atoms with Crippen molar-refractivity contribution in [1.29, 1.82) is 0 Å². The molecule has 0 aliphatic heterocycles. The highest BCUT2D eigenvalue weighted by Gasteiger charge is 2.13. The van der Waals surface area contributed by atoms with E-state index in [0.717, 1.165) is 0 Å². The number of nitro groups is 1. The van der Waals surface area contributed by atoms with Crippen molar-refractivity contribution in [2.24, 2.45) is 0 Å². The highest BCUT2D eigenvalue weighted by atomic mass is 16.6. The van der Waals surface area contributed by atoms with Gasteiger partial charge in [-0.3, -0.25) is 19.7 Å². The van der Waals surface area contributed by atoms with Crippen LogP contribution in [0.3, 0.4) is 0 Å². The van der Waals surface area contributed by atoms with Gasteiger partial charge in [-0.15, -0.1) is 0 Å². The normalized spacial score (nSPS) is 10.4. The fourth-order valence-corrected chi connectivity index (χ4v) is 2.80. The topological polar surface area (TPSA) is 103 Å². The zero-order chi connectivity index (χ0) is 20.8. The maximum atomic E-state index is 12.7. The summed E-state index contributed by atoms with van der Waals surface area (Å²) >= 11 is 0. The Labute approximate surface area is 166 Å². The van der Waals surface area contributed by atoms with Crippen LogP contribution in [0.1, 0.15) is 22.8 Å². The molecule has 0 fully saturated rings. The number of carbonyl (C=O) groups is 1. The van der Waals surface area contributed by atoms with Crippen molar-refractivity contribution in [3.05, 3.63) is 98.5 Å². The van der Waals surface area contributed by atoms with Crippen molar-refractivity contribution in [1.82, 2.24) is 4.57 Å². The van der Waals surface area contributed by atoms with Crippen LogP contribution in [0.15, 0.2) is 71.7 Å². The number of aromatic nitrogens is 1. The second kappa shape index (κ2) is 8.83. The summed E-state index contributed by atoms with van der Waals surface area (Å²) in [4.78, 5) is 35.7. The van der Waals surface area contributed by atoms with E-state index in [2.05, 4.69) is 5.32 Å². The van der Waals surface area contributed by atoms with Gasteiger partial charge in [0, 0.05) is 24.0 Å². The van der Waals surface area contributed by atoms with E-state index in [1.54, 1.807) is 42.5 Å². The Morgan fingerprint density at radius 1 is 1.14 bits per heavy atom. The van der Waals surface area contributed by atoms with Crippen LogP contribution in [-0.4, -0.2) is 22.0 Å². The number of nitrogens with zero attached hydrogens (tertiary/aromatic N) is 2. The van der Waals surface area contributed by atoms with Gasteiger partial charge in [-0.2, -0.15) is 0 Å². The molecule has 0 spiro atoms. The zero-order valence-electron chi connectivity index (χ0n) is 15.7. The first-order valence-electron chi connectivity index (χ1n) is 8.95. The van der Waals surface area contributed by atoms with E-state index in [0.29, 0.717) is 23.6 Å². The minimum Gasteiger partial charge on any atom is -0.494 e. The van der Waals surface area contributed by atoms with Gasteiger partial charge < -0.3 is 14.6 Å². The van der Waals surface area contributed by atoms with Gasteiger partial charge in [0.15, 0.2) is 0 Å². The molecule has 8 nitrogen and oxygen atoms in total. The first kappa shape index (κ1) is 19.8. The maximum absolute atomic E-state index is 12.7. The van der Waals surface area contributed by atoms with Crippen molar-refractivity contribution in [2.75, 3.05) is 11.9 Å². The Kier molecular flexibility index (Phi) is 6.03. The SMILES string of the molecule is CCOc1ccc(NC(=O)c2cccn(Cc3cccc([N+](=O)[O-])c3)c2=O)cc1. The number of ether oxygens (including phenoxy) is 1. The predicted molar refractivity (Wildman–Crippen MR) is 108 cm³/mol. The number of benzene rings is 2. The number of hydrogen-bond donors (Lipinski definition) is 1. The van der Waals surface area contributed by atoms with Crippen LogP contribution in [0.25, 0.3) is 0 Å². The number of anilines is 1. The molecule has 1 heterocycles. The van der Waals surface area contributed by atoms with Crippen LogP contribution in [0.5, 0.6) is 5.75 Å². The Balaban J connectivity index is 1.79. The number of rotatable bonds is 7. The predicted octanol–water partition coefficient (Wildman–Crippen LogP) is 3.46. The number of amides is 1. The molecule has 0 saturated heterocycles. The molecule has 3 rings (SSSR count). The van der Waals surface area contributed by atoms with E-state index in [-0.39, 0.29) is 17.8 Å². The number of hydrogen-bond acceptors (Lipinski definition) is 5. The standard InChI is InChI=1S/C21H19N3O5/c1-2-29-18-10-8-16(9-11-18)22-20(25)19-7-4-12-23(21(19)26)14-15-5-3-6-17(13-15)24(27)28/h3-13H,2,14H2,1H3,(H,22,25). The lowest BCUT2D eigenvalue weighted by molar-refractivity contribution is -0.384. The van der Waals surface area contributed by atoms with Gasteiger partial charge in [0.05, 0.1) is 18.1 Å². The molecule has 3 aromatic rings. The Morgan fingerprint density at radius 2 is 1.90 bits per heavy atom. The molecule has 0 aliphatic carbocycles. The minimum absolute atomic E-state index is 0.0215. The third-order valence-electron chi connectivity index (χ3n) is 4.16. The van der Waals surface area contributed by atoms with E-state index in [1.165, 1.54) is 29.0 Å². The van der Waals surface area contributed by atoms with E-state index in [1.807, 2.05) is 6.92 Å². The van der Waals surface area contributed by atoms with Gasteiger partial charge >= 0.3 is 0 Å². The van der Waals surface area contributed by atoms with Crippen LogP contribution >= 0.6 is 0 Å². The van der Waals surface area contributed by atoms with Crippen LogP contribution in [0.2, 0.25) is 0 Å². The van der Waals surface area contributed by atoms with Gasteiger partial charge in [0.25, 0.3) is 17.2 Å². The second-order valence-corrected chi connectivity index (χ2v) is 6.19. The number of nitro benzene ring substituents is 1. The number of pyridine rings is 1. The van der Waals surface area contributed by atoms with Gasteiger partial charge in [-0.05, 0) is 48.9 Å². The van der Waals surface area contributed by atoms with Crippen LogP contribution < -0.4 is 15.6 Å². The molecule has 0 unspecified atom stereocenters. The van der Waals surface area contributed by atoms with Gasteiger partial charge in [-0.1, -0.05) is 12.1 Å². The highest BCUT2D eigenvalue weighted by molar-refractivity contribution is 6.04. The van der Waals surface area contributed by atoms with Crippen molar-refractivity contribution in [3.8, 4) is 5.75 Å². The third-order valence-corrected chi connectivity index (χ3v) is 4.16. The van der Waals surface area contributed by atoms with Crippen molar-refractivity contribution in [3.63, 3.8) is 0 Å². The summed E-state index contributed by atoms with van der Waals surface area (Å²) in [7, 11) is 0. The lowest BCUT2D eigenvalue weighted by atomic mass is 10.2. The Hall–Kier alpha value is -3.94. The largest absolute Gasteiger partial charge is 0.494 e. The molecule has 0 saturated carbocycles. The summed E-state index contributed by atoms with van der Waals surface area (Å²) in [5.41, 5.74) is 0.562. The molecule has 8 heteroatoms. The summed E-state index contributed by atoms with van der Waals surface area (Å²) in [5.74, 6) is 0.150. The smallest absolute Gasteiger partial charge is 0.269 e. The minimum atomic E-state index is -0.535. The molecule has 0 radical (unpaired) electrons. The maximum Gasteiger partial charge on any atom is 0.269 e. The number of non-ortho nitro benzene ring substituents is 1. The van der Waals surface area contributed by atoms with Crippen molar-refractivity contribution < 1.29 is 14.5 Å². The molecular weight excluding hydrogens is 374 g/mol. The Morgan fingerprint density at radius 3 is 2.59 bits per heavy atom. The van der Waals surface area contributed by atoms with Crippen LogP contribution in [0.4, 0.5) is 11.4 Å².